The van der Waals surface area contributed by atoms with Gasteiger partial charge in [0.1, 0.15) is 10.7 Å². The lowest BCUT2D eigenvalue weighted by atomic mass is 10.1. The molecule has 0 spiro atoms. The molecular weight excluding hydrogens is 414 g/mol. The average molecular weight is 440 g/mol. The molecule has 0 atom stereocenters. The van der Waals surface area contributed by atoms with Gasteiger partial charge in [0.25, 0.3) is 0 Å². The van der Waals surface area contributed by atoms with Crippen molar-refractivity contribution in [3.05, 3.63) is 45.6 Å². The largest absolute Gasteiger partial charge is 0.325 e. The first-order chi connectivity index (χ1) is 14.3. The van der Waals surface area contributed by atoms with Crippen LogP contribution in [-0.4, -0.2) is 31.2 Å². The predicted octanol–water partition coefficient (Wildman–Crippen LogP) is 5.43. The monoisotopic (exact) mass is 439 g/mol. The normalized spacial score (nSPS) is 11.7. The molecule has 1 N–H and O–H groups in total. The zero-order valence-electron chi connectivity index (χ0n) is 18.0. The van der Waals surface area contributed by atoms with Crippen molar-refractivity contribution in [3.8, 4) is 0 Å². The van der Waals surface area contributed by atoms with Gasteiger partial charge in [-0.1, -0.05) is 43.3 Å². The molecule has 4 aromatic rings. The van der Waals surface area contributed by atoms with E-state index in [1.807, 2.05) is 30.4 Å². The molecule has 8 heteroatoms. The summed E-state index contributed by atoms with van der Waals surface area (Å²) in [5, 5.41) is 13.6. The van der Waals surface area contributed by atoms with Crippen molar-refractivity contribution in [2.45, 2.75) is 52.6 Å². The molecule has 30 heavy (non-hydrogen) atoms. The fourth-order valence-corrected chi connectivity index (χ4v) is 5.27. The Kier molecular flexibility index (Phi) is 5.55. The lowest BCUT2D eigenvalue weighted by Crippen LogP contribution is -2.15. The number of rotatable bonds is 5. The number of aryl methyl sites for hydroxylation is 4. The Morgan fingerprint density at radius 3 is 2.67 bits per heavy atom. The van der Waals surface area contributed by atoms with Gasteiger partial charge < -0.3 is 5.32 Å². The topological polar surface area (TPSA) is 72.2 Å². The lowest BCUT2D eigenvalue weighted by Gasteiger charge is -2.11. The second-order valence-electron chi connectivity index (χ2n) is 7.88. The number of thioether (sulfide) groups is 1. The van der Waals surface area contributed by atoms with Crippen molar-refractivity contribution in [1.82, 2.24) is 19.6 Å². The minimum atomic E-state index is -0.0635. The van der Waals surface area contributed by atoms with Gasteiger partial charge in [-0.05, 0) is 44.9 Å². The van der Waals surface area contributed by atoms with Crippen molar-refractivity contribution >= 4 is 50.6 Å². The highest BCUT2D eigenvalue weighted by atomic mass is 32.2. The number of carbonyl (C=O) groups is 1. The zero-order chi connectivity index (χ0) is 21.6. The van der Waals surface area contributed by atoms with Crippen LogP contribution < -0.4 is 5.32 Å². The molecule has 3 aromatic heterocycles. The highest BCUT2D eigenvalue weighted by Gasteiger charge is 2.21. The number of benzene rings is 1. The molecule has 0 unspecified atom stereocenters. The lowest BCUT2D eigenvalue weighted by molar-refractivity contribution is -0.113. The van der Waals surface area contributed by atoms with Crippen LogP contribution >= 0.6 is 23.1 Å². The number of fused-ring (bicyclic) bond motifs is 3. The average Bonchev–Trinajstić information content (AvgIpc) is 3.22. The zero-order valence-corrected chi connectivity index (χ0v) is 19.7. The van der Waals surface area contributed by atoms with Gasteiger partial charge in [0.15, 0.2) is 10.8 Å². The Morgan fingerprint density at radius 2 is 1.97 bits per heavy atom. The van der Waals surface area contributed by atoms with Crippen LogP contribution in [0.25, 0.3) is 15.9 Å². The molecule has 0 aliphatic carbocycles. The number of nitrogens with one attached hydrogen (secondary N) is 1. The molecule has 0 aliphatic rings. The van der Waals surface area contributed by atoms with E-state index in [2.05, 4.69) is 49.3 Å². The fourth-order valence-electron chi connectivity index (χ4n) is 3.49. The SMILES string of the molecule is Cc1ccc(NC(=O)CSc2nnc3c4c(C)c(C)sc4nc(C(C)C)n23)c(C)c1. The van der Waals surface area contributed by atoms with Gasteiger partial charge in [-0.15, -0.1) is 21.5 Å². The molecule has 0 aliphatic heterocycles. The van der Waals surface area contributed by atoms with Crippen LogP contribution in [0.5, 0.6) is 0 Å². The Labute approximate surface area is 184 Å². The smallest absolute Gasteiger partial charge is 0.234 e. The molecule has 3 heterocycles. The number of nitrogens with zero attached hydrogens (tertiary/aromatic N) is 4. The van der Waals surface area contributed by atoms with Crippen molar-refractivity contribution in [1.29, 1.82) is 0 Å². The molecule has 0 bridgehead atoms. The standard InChI is InChI=1S/C22H25N5OS2/c1-11(2)19-24-21-18(14(5)15(6)30-21)20-25-26-22(27(19)20)29-10-17(28)23-16-8-7-12(3)9-13(16)4/h7-9,11H,10H2,1-6H3,(H,23,28). The highest BCUT2D eigenvalue weighted by molar-refractivity contribution is 7.99. The molecular formula is C22H25N5OS2. The number of thiophene rings is 1. The fraction of sp³-hybridized carbons (Fsp3) is 0.364. The number of carbonyl (C=O) groups excluding carboxylic acids is 1. The van der Waals surface area contributed by atoms with Gasteiger partial charge >= 0.3 is 0 Å². The molecule has 0 saturated heterocycles. The summed E-state index contributed by atoms with van der Waals surface area (Å²) in [6, 6.07) is 6.00. The summed E-state index contributed by atoms with van der Waals surface area (Å²) in [7, 11) is 0. The first-order valence-corrected chi connectivity index (χ1v) is 11.7. The molecule has 6 nitrogen and oxygen atoms in total. The third-order valence-electron chi connectivity index (χ3n) is 5.17. The van der Waals surface area contributed by atoms with E-state index in [9.17, 15) is 4.79 Å². The molecule has 0 saturated carbocycles. The third-order valence-corrected chi connectivity index (χ3v) is 7.20. The van der Waals surface area contributed by atoms with Gasteiger partial charge in [-0.2, -0.15) is 0 Å². The van der Waals surface area contributed by atoms with Crippen molar-refractivity contribution in [2.75, 3.05) is 11.1 Å². The first kappa shape index (κ1) is 20.8. The Bertz CT molecular complexity index is 1270. The summed E-state index contributed by atoms with van der Waals surface area (Å²) in [6.45, 7) is 12.5. The summed E-state index contributed by atoms with van der Waals surface area (Å²) in [5.74, 6) is 1.32. The summed E-state index contributed by atoms with van der Waals surface area (Å²) >= 11 is 3.08. The van der Waals surface area contributed by atoms with Crippen LogP contribution in [-0.2, 0) is 4.79 Å². The minimum absolute atomic E-state index is 0.0635. The number of anilines is 1. The van der Waals surface area contributed by atoms with E-state index >= 15 is 0 Å². The maximum atomic E-state index is 12.6. The van der Waals surface area contributed by atoms with E-state index in [0.717, 1.165) is 32.9 Å². The molecule has 0 radical (unpaired) electrons. The summed E-state index contributed by atoms with van der Waals surface area (Å²) in [5.41, 5.74) is 5.09. The van der Waals surface area contributed by atoms with E-state index in [0.29, 0.717) is 5.16 Å². The number of aromatic nitrogens is 4. The molecule has 156 valence electrons. The van der Waals surface area contributed by atoms with Crippen LogP contribution in [0, 0.1) is 27.7 Å². The molecule has 1 aromatic carbocycles. The first-order valence-electron chi connectivity index (χ1n) is 9.91. The minimum Gasteiger partial charge on any atom is -0.325 e. The number of hydrogen-bond donors (Lipinski definition) is 1. The van der Waals surface area contributed by atoms with Crippen molar-refractivity contribution < 1.29 is 4.79 Å². The van der Waals surface area contributed by atoms with Crippen LogP contribution in [0.2, 0.25) is 0 Å². The molecule has 4 rings (SSSR count). The van der Waals surface area contributed by atoms with Gasteiger partial charge in [0.05, 0.1) is 11.1 Å². The van der Waals surface area contributed by atoms with Gasteiger partial charge in [-0.3, -0.25) is 9.20 Å². The van der Waals surface area contributed by atoms with E-state index in [4.69, 9.17) is 4.98 Å². The van der Waals surface area contributed by atoms with E-state index in [-0.39, 0.29) is 17.6 Å². The Morgan fingerprint density at radius 1 is 1.20 bits per heavy atom. The van der Waals surface area contributed by atoms with Gasteiger partial charge in [-0.25, -0.2) is 4.98 Å². The Hall–Kier alpha value is -2.45. The van der Waals surface area contributed by atoms with Gasteiger partial charge in [0.2, 0.25) is 5.91 Å². The quantitative estimate of drug-likeness (QED) is 0.420. The summed E-state index contributed by atoms with van der Waals surface area (Å²) in [4.78, 5) is 19.7. The second-order valence-corrected chi connectivity index (χ2v) is 10.0. The summed E-state index contributed by atoms with van der Waals surface area (Å²) < 4.78 is 2.02. The van der Waals surface area contributed by atoms with Crippen molar-refractivity contribution in [2.24, 2.45) is 0 Å². The maximum absolute atomic E-state index is 12.6. The van der Waals surface area contributed by atoms with E-state index < -0.39 is 0 Å². The maximum Gasteiger partial charge on any atom is 0.234 e. The van der Waals surface area contributed by atoms with Crippen LogP contribution in [0.4, 0.5) is 5.69 Å². The van der Waals surface area contributed by atoms with E-state index in [1.165, 1.54) is 27.8 Å². The molecule has 1 amide bonds. The van der Waals surface area contributed by atoms with Crippen LogP contribution in [0.3, 0.4) is 0 Å². The van der Waals surface area contributed by atoms with E-state index in [1.54, 1.807) is 11.3 Å². The molecule has 0 fully saturated rings. The third kappa shape index (κ3) is 3.70. The summed E-state index contributed by atoms with van der Waals surface area (Å²) in [6.07, 6.45) is 0. The Balaban J connectivity index is 1.64. The number of amides is 1. The second kappa shape index (κ2) is 8.00. The van der Waals surface area contributed by atoms with Crippen LogP contribution in [0.15, 0.2) is 23.4 Å². The van der Waals surface area contributed by atoms with Gasteiger partial charge in [0, 0.05) is 16.5 Å². The van der Waals surface area contributed by atoms with Crippen LogP contribution in [0.1, 0.15) is 47.2 Å². The van der Waals surface area contributed by atoms with Crippen molar-refractivity contribution in [3.63, 3.8) is 0 Å². The highest BCUT2D eigenvalue weighted by Crippen LogP contribution is 2.34. The number of hydrogen-bond acceptors (Lipinski definition) is 6. The predicted molar refractivity (Wildman–Crippen MR) is 125 cm³/mol.